The Balaban J connectivity index is 1.62. The van der Waals surface area contributed by atoms with Crippen LogP contribution in [-0.2, 0) is 4.79 Å². The molecule has 0 aliphatic heterocycles. The standard InChI is InChI=1S/C25H30N4O2S/c1-18(24(30)28(2)20-10-6-4-7-11-20)32-25-27-26-23(19-14-16-22(31-3)17-15-19)29(25)21-12-8-5-9-13-21/h5,8-9,12-18,20H,4,6-7,10-11H2,1-3H3. The van der Waals surface area contributed by atoms with Crippen LogP contribution in [0.15, 0.2) is 59.8 Å². The molecule has 1 aliphatic rings. The van der Waals surface area contributed by atoms with Crippen LogP contribution in [0.2, 0.25) is 0 Å². The van der Waals surface area contributed by atoms with Crippen molar-refractivity contribution in [1.82, 2.24) is 19.7 Å². The first-order chi connectivity index (χ1) is 15.6. The second-order valence-corrected chi connectivity index (χ2v) is 9.51. The third kappa shape index (κ3) is 4.83. The summed E-state index contributed by atoms with van der Waals surface area (Å²) in [6, 6.07) is 18.2. The van der Waals surface area contributed by atoms with Crippen LogP contribution in [0.25, 0.3) is 17.1 Å². The minimum absolute atomic E-state index is 0.149. The number of methoxy groups -OCH3 is 1. The molecule has 1 aromatic heterocycles. The van der Waals surface area contributed by atoms with E-state index in [9.17, 15) is 4.79 Å². The zero-order valence-electron chi connectivity index (χ0n) is 18.9. The lowest BCUT2D eigenvalue weighted by Crippen LogP contribution is -2.42. The molecule has 2 aromatic carbocycles. The van der Waals surface area contributed by atoms with Gasteiger partial charge < -0.3 is 9.64 Å². The number of thioether (sulfide) groups is 1. The number of carbonyl (C=O) groups is 1. The molecule has 1 heterocycles. The molecule has 7 heteroatoms. The van der Waals surface area contributed by atoms with E-state index in [1.54, 1.807) is 7.11 Å². The van der Waals surface area contributed by atoms with Crippen molar-refractivity contribution in [3.8, 4) is 22.8 Å². The van der Waals surface area contributed by atoms with E-state index in [1.807, 2.05) is 78.0 Å². The average Bonchev–Trinajstić information content (AvgIpc) is 3.27. The SMILES string of the molecule is COc1ccc(-c2nnc(SC(C)C(=O)N(C)C3CCCCC3)n2-c2ccccc2)cc1. The Labute approximate surface area is 194 Å². The van der Waals surface area contributed by atoms with Crippen LogP contribution in [0.3, 0.4) is 0 Å². The molecule has 1 saturated carbocycles. The fraction of sp³-hybridized carbons (Fsp3) is 0.400. The molecule has 0 N–H and O–H groups in total. The first-order valence-electron chi connectivity index (χ1n) is 11.2. The first-order valence-corrected chi connectivity index (χ1v) is 12.0. The lowest BCUT2D eigenvalue weighted by atomic mass is 9.94. The van der Waals surface area contributed by atoms with Gasteiger partial charge in [-0.2, -0.15) is 0 Å². The minimum atomic E-state index is -0.252. The topological polar surface area (TPSA) is 60.3 Å². The van der Waals surface area contributed by atoms with Crippen LogP contribution < -0.4 is 4.74 Å². The van der Waals surface area contributed by atoms with Crippen molar-refractivity contribution in [2.45, 2.75) is 55.5 Å². The maximum absolute atomic E-state index is 13.2. The maximum atomic E-state index is 13.2. The molecule has 4 rings (SSSR count). The van der Waals surface area contributed by atoms with Crippen molar-refractivity contribution >= 4 is 17.7 Å². The third-order valence-electron chi connectivity index (χ3n) is 6.10. The van der Waals surface area contributed by atoms with Crippen LogP contribution in [0.4, 0.5) is 0 Å². The van der Waals surface area contributed by atoms with Gasteiger partial charge in [-0.05, 0) is 56.2 Å². The molecule has 0 saturated heterocycles. The number of hydrogen-bond donors (Lipinski definition) is 0. The van der Waals surface area contributed by atoms with Gasteiger partial charge in [0.2, 0.25) is 5.91 Å². The lowest BCUT2D eigenvalue weighted by Gasteiger charge is -2.32. The normalized spacial score (nSPS) is 15.3. The van der Waals surface area contributed by atoms with Gasteiger partial charge in [-0.15, -0.1) is 10.2 Å². The number of carbonyl (C=O) groups excluding carboxylic acids is 1. The van der Waals surface area contributed by atoms with Crippen molar-refractivity contribution in [2.75, 3.05) is 14.2 Å². The number of para-hydroxylation sites is 1. The summed E-state index contributed by atoms with van der Waals surface area (Å²) in [5.74, 6) is 1.68. The van der Waals surface area contributed by atoms with E-state index in [0.717, 1.165) is 35.7 Å². The van der Waals surface area contributed by atoms with Crippen molar-refractivity contribution in [3.05, 3.63) is 54.6 Å². The van der Waals surface area contributed by atoms with Crippen LogP contribution in [-0.4, -0.2) is 51.0 Å². The number of amides is 1. The first kappa shape index (κ1) is 22.4. The summed E-state index contributed by atoms with van der Waals surface area (Å²) in [7, 11) is 3.60. The van der Waals surface area contributed by atoms with E-state index in [1.165, 1.54) is 31.0 Å². The summed E-state index contributed by atoms with van der Waals surface area (Å²) >= 11 is 1.46. The Bertz CT molecular complexity index is 1030. The molecule has 1 unspecified atom stereocenters. The van der Waals surface area contributed by atoms with Gasteiger partial charge in [0.15, 0.2) is 11.0 Å². The van der Waals surface area contributed by atoms with Crippen molar-refractivity contribution in [2.24, 2.45) is 0 Å². The third-order valence-corrected chi connectivity index (χ3v) is 7.13. The molecule has 32 heavy (non-hydrogen) atoms. The Morgan fingerprint density at radius 3 is 2.41 bits per heavy atom. The fourth-order valence-corrected chi connectivity index (χ4v) is 5.20. The number of benzene rings is 2. The maximum Gasteiger partial charge on any atom is 0.235 e. The smallest absolute Gasteiger partial charge is 0.235 e. The van der Waals surface area contributed by atoms with Gasteiger partial charge >= 0.3 is 0 Å². The summed E-state index contributed by atoms with van der Waals surface area (Å²) in [6.45, 7) is 1.96. The van der Waals surface area contributed by atoms with E-state index in [0.29, 0.717) is 11.2 Å². The van der Waals surface area contributed by atoms with E-state index in [-0.39, 0.29) is 11.2 Å². The summed E-state index contributed by atoms with van der Waals surface area (Å²) in [6.07, 6.45) is 5.88. The van der Waals surface area contributed by atoms with Crippen LogP contribution in [0, 0.1) is 0 Å². The Morgan fingerprint density at radius 1 is 1.06 bits per heavy atom. The molecule has 6 nitrogen and oxygen atoms in total. The van der Waals surface area contributed by atoms with Gasteiger partial charge in [0.05, 0.1) is 12.4 Å². The minimum Gasteiger partial charge on any atom is -0.497 e. The number of hydrogen-bond acceptors (Lipinski definition) is 5. The highest BCUT2D eigenvalue weighted by molar-refractivity contribution is 8.00. The van der Waals surface area contributed by atoms with Crippen molar-refractivity contribution in [3.63, 3.8) is 0 Å². The quantitative estimate of drug-likeness (QED) is 0.462. The predicted octanol–water partition coefficient (Wildman–Crippen LogP) is 5.21. The molecule has 1 atom stereocenters. The number of ether oxygens (including phenoxy) is 1. The Morgan fingerprint density at radius 2 is 1.75 bits per heavy atom. The number of aromatic nitrogens is 3. The molecular formula is C25H30N4O2S. The molecule has 3 aromatic rings. The van der Waals surface area contributed by atoms with Crippen LogP contribution in [0.5, 0.6) is 5.75 Å². The van der Waals surface area contributed by atoms with Crippen molar-refractivity contribution in [1.29, 1.82) is 0 Å². The molecule has 1 fully saturated rings. The highest BCUT2D eigenvalue weighted by Crippen LogP contribution is 2.32. The lowest BCUT2D eigenvalue weighted by molar-refractivity contribution is -0.131. The number of nitrogens with zero attached hydrogens (tertiary/aromatic N) is 4. The van der Waals surface area contributed by atoms with E-state index in [2.05, 4.69) is 10.2 Å². The fourth-order valence-electron chi connectivity index (χ4n) is 4.23. The van der Waals surface area contributed by atoms with Gasteiger partial charge in [-0.1, -0.05) is 49.2 Å². The largest absolute Gasteiger partial charge is 0.497 e. The Kier molecular flexibility index (Phi) is 7.15. The monoisotopic (exact) mass is 450 g/mol. The predicted molar refractivity (Wildman–Crippen MR) is 128 cm³/mol. The van der Waals surface area contributed by atoms with E-state index < -0.39 is 0 Å². The highest BCUT2D eigenvalue weighted by atomic mass is 32.2. The van der Waals surface area contributed by atoms with E-state index >= 15 is 0 Å². The molecule has 0 spiro atoms. The Hall–Kier alpha value is -2.80. The van der Waals surface area contributed by atoms with Crippen LogP contribution >= 0.6 is 11.8 Å². The average molecular weight is 451 g/mol. The molecule has 0 radical (unpaired) electrons. The summed E-state index contributed by atoms with van der Waals surface area (Å²) in [5, 5.41) is 9.43. The molecule has 0 bridgehead atoms. The van der Waals surface area contributed by atoms with Crippen molar-refractivity contribution < 1.29 is 9.53 Å². The van der Waals surface area contributed by atoms with E-state index in [4.69, 9.17) is 4.74 Å². The van der Waals surface area contributed by atoms with Crippen LogP contribution in [0.1, 0.15) is 39.0 Å². The molecular weight excluding hydrogens is 420 g/mol. The summed E-state index contributed by atoms with van der Waals surface area (Å²) in [4.78, 5) is 15.1. The zero-order valence-corrected chi connectivity index (χ0v) is 19.7. The number of rotatable bonds is 7. The molecule has 1 amide bonds. The second-order valence-electron chi connectivity index (χ2n) is 8.21. The molecule has 1 aliphatic carbocycles. The van der Waals surface area contributed by atoms with Gasteiger partial charge in [-0.3, -0.25) is 9.36 Å². The van der Waals surface area contributed by atoms with Gasteiger partial charge in [0.25, 0.3) is 0 Å². The van der Waals surface area contributed by atoms with Gasteiger partial charge in [0, 0.05) is 24.3 Å². The van der Waals surface area contributed by atoms with Gasteiger partial charge in [-0.25, -0.2) is 0 Å². The van der Waals surface area contributed by atoms with Gasteiger partial charge in [0.1, 0.15) is 5.75 Å². The zero-order chi connectivity index (χ0) is 22.5. The summed E-state index contributed by atoms with van der Waals surface area (Å²) in [5.41, 5.74) is 1.90. The summed E-state index contributed by atoms with van der Waals surface area (Å²) < 4.78 is 7.31. The molecule has 168 valence electrons. The second kappa shape index (κ2) is 10.2. The highest BCUT2D eigenvalue weighted by Gasteiger charge is 2.28.